The van der Waals surface area contributed by atoms with E-state index in [1.165, 1.54) is 6.20 Å². The number of hydrogen-bond acceptors (Lipinski definition) is 5. The molecule has 2 aromatic rings. The van der Waals surface area contributed by atoms with Crippen LogP contribution in [0.25, 0.3) is 0 Å². The number of ether oxygens (including phenoxy) is 2. The largest absolute Gasteiger partial charge is 0.439 e. The monoisotopic (exact) mass is 283 g/mol. The standard InChI is InChI=1S/C16H17N3O2/c1-20-15(10-18)8-12-2-5-14(6-3-12)21-16-7-4-13(9-17)11-19-16/h2-7,11,15H,8,10,18H2,1H3. The summed E-state index contributed by atoms with van der Waals surface area (Å²) in [6.07, 6.45) is 2.27. The number of nitrogens with two attached hydrogens (primary N) is 1. The summed E-state index contributed by atoms with van der Waals surface area (Å²) < 4.78 is 10.9. The Balaban J connectivity index is 2.00. The van der Waals surface area contributed by atoms with Gasteiger partial charge in [-0.1, -0.05) is 12.1 Å². The molecule has 0 spiro atoms. The van der Waals surface area contributed by atoms with Crippen molar-refractivity contribution in [1.82, 2.24) is 4.98 Å². The summed E-state index contributed by atoms with van der Waals surface area (Å²) in [7, 11) is 1.66. The van der Waals surface area contributed by atoms with Gasteiger partial charge in [0.1, 0.15) is 11.8 Å². The number of methoxy groups -OCH3 is 1. The van der Waals surface area contributed by atoms with Crippen LogP contribution in [0.2, 0.25) is 0 Å². The van der Waals surface area contributed by atoms with Gasteiger partial charge < -0.3 is 15.2 Å². The highest BCUT2D eigenvalue weighted by Gasteiger charge is 2.06. The van der Waals surface area contributed by atoms with Gasteiger partial charge in [-0.3, -0.25) is 0 Å². The summed E-state index contributed by atoms with van der Waals surface area (Å²) in [5.41, 5.74) is 7.24. The molecule has 1 unspecified atom stereocenters. The van der Waals surface area contributed by atoms with Crippen molar-refractivity contribution in [2.24, 2.45) is 5.73 Å². The summed E-state index contributed by atoms with van der Waals surface area (Å²) in [6.45, 7) is 0.490. The van der Waals surface area contributed by atoms with Gasteiger partial charge >= 0.3 is 0 Å². The summed E-state index contributed by atoms with van der Waals surface area (Å²) in [4.78, 5) is 4.06. The first-order chi connectivity index (χ1) is 10.2. The third-order valence-electron chi connectivity index (χ3n) is 3.07. The van der Waals surface area contributed by atoms with E-state index in [4.69, 9.17) is 20.5 Å². The highest BCUT2D eigenvalue weighted by Crippen LogP contribution is 2.20. The van der Waals surface area contributed by atoms with Gasteiger partial charge in [-0.15, -0.1) is 0 Å². The molecule has 1 aromatic heterocycles. The molecule has 5 nitrogen and oxygen atoms in total. The second kappa shape index (κ2) is 7.39. The second-order valence-electron chi connectivity index (χ2n) is 4.54. The first kappa shape index (κ1) is 15.0. The predicted molar refractivity (Wildman–Crippen MR) is 79.0 cm³/mol. The summed E-state index contributed by atoms with van der Waals surface area (Å²) in [6, 6.07) is 13.0. The lowest BCUT2D eigenvalue weighted by Gasteiger charge is -2.13. The van der Waals surface area contributed by atoms with Gasteiger partial charge in [0.15, 0.2) is 0 Å². The van der Waals surface area contributed by atoms with Gasteiger partial charge in [0.25, 0.3) is 0 Å². The minimum Gasteiger partial charge on any atom is -0.439 e. The quantitative estimate of drug-likeness (QED) is 0.879. The molecule has 0 fully saturated rings. The molecule has 0 amide bonds. The predicted octanol–water partition coefficient (Wildman–Crippen LogP) is 2.26. The molecule has 0 aliphatic carbocycles. The molecule has 0 saturated carbocycles. The Kier molecular flexibility index (Phi) is 5.27. The molecule has 0 radical (unpaired) electrons. The molecule has 0 aliphatic heterocycles. The van der Waals surface area contributed by atoms with Crippen LogP contribution in [0, 0.1) is 11.3 Å². The average molecular weight is 283 g/mol. The molecule has 5 heteroatoms. The number of nitrogens with zero attached hydrogens (tertiary/aromatic N) is 2. The zero-order chi connectivity index (χ0) is 15.1. The van der Waals surface area contributed by atoms with E-state index in [0.717, 1.165) is 12.0 Å². The molecule has 1 atom stereocenters. The minimum absolute atomic E-state index is 0.0250. The van der Waals surface area contributed by atoms with Crippen molar-refractivity contribution in [3.8, 4) is 17.7 Å². The van der Waals surface area contributed by atoms with Gasteiger partial charge in [-0.25, -0.2) is 4.98 Å². The van der Waals surface area contributed by atoms with Gasteiger partial charge in [-0.2, -0.15) is 5.26 Å². The van der Waals surface area contributed by atoms with E-state index in [-0.39, 0.29) is 6.10 Å². The smallest absolute Gasteiger partial charge is 0.219 e. The topological polar surface area (TPSA) is 81.2 Å². The van der Waals surface area contributed by atoms with Crippen LogP contribution in [0.15, 0.2) is 42.6 Å². The van der Waals surface area contributed by atoms with Crippen molar-refractivity contribution in [2.45, 2.75) is 12.5 Å². The molecule has 1 aromatic carbocycles. The summed E-state index contributed by atoms with van der Waals surface area (Å²) in [5.74, 6) is 1.15. The molecule has 2 N–H and O–H groups in total. The van der Waals surface area contributed by atoms with Gasteiger partial charge in [0.2, 0.25) is 5.88 Å². The lowest BCUT2D eigenvalue weighted by molar-refractivity contribution is 0.110. The van der Waals surface area contributed by atoms with Crippen molar-refractivity contribution in [1.29, 1.82) is 5.26 Å². The lowest BCUT2D eigenvalue weighted by Crippen LogP contribution is -2.24. The highest BCUT2D eigenvalue weighted by molar-refractivity contribution is 5.33. The lowest BCUT2D eigenvalue weighted by atomic mass is 10.1. The molecule has 0 bridgehead atoms. The maximum absolute atomic E-state index is 8.71. The Hall–Kier alpha value is -2.42. The maximum Gasteiger partial charge on any atom is 0.219 e. The molecule has 0 saturated heterocycles. The summed E-state index contributed by atoms with van der Waals surface area (Å²) in [5, 5.41) is 8.71. The van der Waals surface area contributed by atoms with Crippen molar-refractivity contribution in [2.75, 3.05) is 13.7 Å². The molecule has 1 heterocycles. The van der Waals surface area contributed by atoms with Gasteiger partial charge in [0, 0.05) is 25.9 Å². The molecular weight excluding hydrogens is 266 g/mol. The van der Waals surface area contributed by atoms with Crippen LogP contribution in [0.5, 0.6) is 11.6 Å². The van der Waals surface area contributed by atoms with Crippen LogP contribution >= 0.6 is 0 Å². The number of pyridine rings is 1. The molecule has 21 heavy (non-hydrogen) atoms. The first-order valence-corrected chi connectivity index (χ1v) is 6.61. The fourth-order valence-electron chi connectivity index (χ4n) is 1.85. The molecule has 0 aliphatic rings. The Morgan fingerprint density at radius 3 is 2.52 bits per heavy atom. The zero-order valence-electron chi connectivity index (χ0n) is 11.8. The van der Waals surface area contributed by atoms with Crippen LogP contribution in [0.4, 0.5) is 0 Å². The Labute approximate surface area is 123 Å². The van der Waals surface area contributed by atoms with Crippen LogP contribution in [0.1, 0.15) is 11.1 Å². The van der Waals surface area contributed by atoms with E-state index in [1.807, 2.05) is 30.3 Å². The van der Waals surface area contributed by atoms with Crippen LogP contribution in [-0.4, -0.2) is 24.7 Å². The first-order valence-electron chi connectivity index (χ1n) is 6.61. The third-order valence-corrected chi connectivity index (χ3v) is 3.07. The SMILES string of the molecule is COC(CN)Cc1ccc(Oc2ccc(C#N)cn2)cc1. The van der Waals surface area contributed by atoms with Crippen LogP contribution in [-0.2, 0) is 11.2 Å². The maximum atomic E-state index is 8.71. The molecular formula is C16H17N3O2. The molecule has 108 valence electrons. The Bertz CT molecular complexity index is 599. The average Bonchev–Trinajstić information content (AvgIpc) is 2.55. The Morgan fingerprint density at radius 2 is 2.00 bits per heavy atom. The number of aromatic nitrogens is 1. The van der Waals surface area contributed by atoms with Gasteiger partial charge in [0.05, 0.1) is 11.7 Å². The minimum atomic E-state index is 0.0250. The fraction of sp³-hybridized carbons (Fsp3) is 0.250. The van der Waals surface area contributed by atoms with E-state index in [0.29, 0.717) is 23.7 Å². The van der Waals surface area contributed by atoms with Crippen molar-refractivity contribution < 1.29 is 9.47 Å². The summed E-state index contributed by atoms with van der Waals surface area (Å²) >= 11 is 0. The van der Waals surface area contributed by atoms with Crippen molar-refractivity contribution in [3.63, 3.8) is 0 Å². The fourth-order valence-corrected chi connectivity index (χ4v) is 1.85. The normalized spacial score (nSPS) is 11.7. The van der Waals surface area contributed by atoms with Crippen LogP contribution < -0.4 is 10.5 Å². The molecule has 2 rings (SSSR count). The van der Waals surface area contributed by atoms with E-state index in [9.17, 15) is 0 Å². The van der Waals surface area contributed by atoms with Crippen LogP contribution in [0.3, 0.4) is 0 Å². The van der Waals surface area contributed by atoms with E-state index in [2.05, 4.69) is 4.98 Å². The number of hydrogen-bond donors (Lipinski definition) is 1. The number of rotatable bonds is 6. The Morgan fingerprint density at radius 1 is 1.24 bits per heavy atom. The number of benzene rings is 1. The zero-order valence-corrected chi connectivity index (χ0v) is 11.8. The third kappa shape index (κ3) is 4.28. The second-order valence-corrected chi connectivity index (χ2v) is 4.54. The highest BCUT2D eigenvalue weighted by atomic mass is 16.5. The van der Waals surface area contributed by atoms with Crippen molar-refractivity contribution >= 4 is 0 Å². The van der Waals surface area contributed by atoms with E-state index >= 15 is 0 Å². The number of nitriles is 1. The van der Waals surface area contributed by atoms with E-state index < -0.39 is 0 Å². The van der Waals surface area contributed by atoms with Gasteiger partial charge in [-0.05, 0) is 30.2 Å². The van der Waals surface area contributed by atoms with Crippen molar-refractivity contribution in [3.05, 3.63) is 53.7 Å². The van der Waals surface area contributed by atoms with E-state index in [1.54, 1.807) is 19.2 Å².